The van der Waals surface area contributed by atoms with Crippen molar-refractivity contribution in [3.63, 3.8) is 0 Å². The number of rotatable bonds is 8. The normalized spacial score (nSPS) is 12.3. The number of hydroxylamine groups is 2. The Morgan fingerprint density at radius 3 is 2.81 bits per heavy atom. The van der Waals surface area contributed by atoms with Crippen molar-refractivity contribution in [1.29, 1.82) is 0 Å². The fraction of sp³-hybridized carbons (Fsp3) is 0.286. The topological polar surface area (TPSA) is 107 Å². The van der Waals surface area contributed by atoms with Crippen molar-refractivity contribution in [2.75, 3.05) is 12.0 Å². The summed E-state index contributed by atoms with van der Waals surface area (Å²) in [5, 5.41) is 11.5. The molecule has 140 valence electrons. The number of thiophene rings is 1. The number of carbonyl (C=O) groups excluding carboxylic acids is 2. The van der Waals surface area contributed by atoms with E-state index < -0.39 is 29.6 Å². The summed E-state index contributed by atoms with van der Waals surface area (Å²) in [5.41, 5.74) is 3.23. The molecule has 2 heterocycles. The summed E-state index contributed by atoms with van der Waals surface area (Å²) in [6, 6.07) is 4.25. The molecule has 2 aromatic rings. The maximum Gasteiger partial charge on any atom is 0.433 e. The molecule has 2 rings (SSSR count). The predicted octanol–water partition coefficient (Wildman–Crippen LogP) is 1.71. The van der Waals surface area contributed by atoms with Crippen molar-refractivity contribution in [1.82, 2.24) is 20.5 Å². The van der Waals surface area contributed by atoms with Gasteiger partial charge in [-0.25, -0.2) is 15.0 Å². The van der Waals surface area contributed by atoms with Gasteiger partial charge in [0.05, 0.1) is 12.5 Å². The van der Waals surface area contributed by atoms with Crippen LogP contribution in [-0.4, -0.2) is 39.1 Å². The Balaban J connectivity index is 2.03. The van der Waals surface area contributed by atoms with Crippen LogP contribution in [0, 0.1) is 5.92 Å². The van der Waals surface area contributed by atoms with E-state index in [0.717, 1.165) is 11.1 Å². The third kappa shape index (κ3) is 5.67. The molecule has 2 amide bonds. The van der Waals surface area contributed by atoms with Gasteiger partial charge >= 0.3 is 6.18 Å². The lowest BCUT2D eigenvalue weighted by Crippen LogP contribution is -2.41. The van der Waals surface area contributed by atoms with E-state index in [1.807, 2.05) is 0 Å². The number of hydrogen-bond donors (Lipinski definition) is 3. The summed E-state index contributed by atoms with van der Waals surface area (Å²) in [7, 11) is 0. The lowest BCUT2D eigenvalue weighted by molar-refractivity contribution is -0.154. The van der Waals surface area contributed by atoms with Crippen LogP contribution in [0.25, 0.3) is 0 Å². The molecule has 26 heavy (non-hydrogen) atoms. The molecular formula is C14H14F3N5O3S. The molecule has 0 radical (unpaired) electrons. The highest BCUT2D eigenvalue weighted by Gasteiger charge is 2.33. The Hall–Kier alpha value is -2.73. The molecule has 0 aliphatic carbocycles. The number of anilines is 1. The molecule has 2 aromatic heterocycles. The van der Waals surface area contributed by atoms with E-state index in [4.69, 9.17) is 0 Å². The van der Waals surface area contributed by atoms with Crippen LogP contribution in [0.2, 0.25) is 0 Å². The van der Waals surface area contributed by atoms with Crippen LogP contribution >= 0.6 is 11.3 Å². The number of hydrogen-bond acceptors (Lipinski definition) is 7. The van der Waals surface area contributed by atoms with Crippen LogP contribution in [0.3, 0.4) is 0 Å². The van der Waals surface area contributed by atoms with Crippen molar-refractivity contribution >= 4 is 29.6 Å². The summed E-state index contributed by atoms with van der Waals surface area (Å²) < 4.78 is 37.9. The Labute approximate surface area is 149 Å². The number of amides is 2. The first-order valence-corrected chi connectivity index (χ1v) is 8.07. The molecule has 8 nitrogen and oxygen atoms in total. The number of aromatic nitrogens is 2. The first kappa shape index (κ1) is 19.6. The summed E-state index contributed by atoms with van der Waals surface area (Å²) >= 11 is 1.38. The average molecular weight is 389 g/mol. The van der Waals surface area contributed by atoms with Crippen LogP contribution in [0.4, 0.5) is 19.1 Å². The molecule has 0 aliphatic rings. The summed E-state index contributed by atoms with van der Waals surface area (Å²) in [6.07, 6.45) is -3.38. The van der Waals surface area contributed by atoms with E-state index in [0.29, 0.717) is 11.1 Å². The van der Waals surface area contributed by atoms with Crippen molar-refractivity contribution in [2.24, 2.45) is 5.92 Å². The Kier molecular flexibility index (Phi) is 6.46. The Morgan fingerprint density at radius 1 is 1.42 bits per heavy atom. The lowest BCUT2D eigenvalue weighted by Gasteiger charge is -2.19. The third-order valence-electron chi connectivity index (χ3n) is 3.17. The van der Waals surface area contributed by atoms with Gasteiger partial charge in [0.2, 0.25) is 18.3 Å². The van der Waals surface area contributed by atoms with Gasteiger partial charge in [0, 0.05) is 11.1 Å². The van der Waals surface area contributed by atoms with Gasteiger partial charge in [-0.2, -0.15) is 13.2 Å². The van der Waals surface area contributed by atoms with Gasteiger partial charge in [0.15, 0.2) is 0 Å². The van der Waals surface area contributed by atoms with Crippen LogP contribution in [0.1, 0.15) is 10.6 Å². The van der Waals surface area contributed by atoms with E-state index in [1.54, 1.807) is 17.5 Å². The lowest BCUT2D eigenvalue weighted by atomic mass is 10.0. The number of nitrogens with zero attached hydrogens (tertiary/aromatic N) is 3. The smallest absolute Gasteiger partial charge is 0.286 e. The molecule has 0 fully saturated rings. The van der Waals surface area contributed by atoms with Crippen LogP contribution in [0.15, 0.2) is 29.8 Å². The molecule has 0 spiro atoms. The molecule has 3 N–H and O–H groups in total. The van der Waals surface area contributed by atoms with E-state index >= 15 is 0 Å². The second-order valence-corrected chi connectivity index (χ2v) is 6.12. The zero-order valence-electron chi connectivity index (χ0n) is 13.1. The first-order chi connectivity index (χ1) is 12.3. The monoisotopic (exact) mass is 389 g/mol. The molecule has 0 saturated carbocycles. The van der Waals surface area contributed by atoms with Gasteiger partial charge in [-0.05, 0) is 23.9 Å². The first-order valence-electron chi connectivity index (χ1n) is 7.19. The van der Waals surface area contributed by atoms with Gasteiger partial charge in [0.25, 0.3) is 0 Å². The summed E-state index contributed by atoms with van der Waals surface area (Å²) in [4.78, 5) is 30.5. The fourth-order valence-electron chi connectivity index (χ4n) is 1.98. The molecule has 0 aromatic carbocycles. The summed E-state index contributed by atoms with van der Waals surface area (Å²) in [5.74, 6) is -1.94. The van der Waals surface area contributed by atoms with Crippen molar-refractivity contribution in [3.05, 3.63) is 40.3 Å². The van der Waals surface area contributed by atoms with E-state index in [-0.39, 0.29) is 19.4 Å². The number of carbonyl (C=O) groups is 2. The number of halogens is 3. The van der Waals surface area contributed by atoms with E-state index in [1.165, 1.54) is 11.3 Å². The highest BCUT2D eigenvalue weighted by molar-refractivity contribution is 7.09. The maximum atomic E-state index is 12.6. The fourth-order valence-corrected chi connectivity index (χ4v) is 2.76. The SMILES string of the molecule is O=CN(O)C[C@@H](Cc1cccs1)C(=O)NNc1nccc(C(F)(F)F)n1. The van der Waals surface area contributed by atoms with Crippen LogP contribution < -0.4 is 10.9 Å². The van der Waals surface area contributed by atoms with Gasteiger partial charge in [0.1, 0.15) is 5.69 Å². The molecule has 0 saturated heterocycles. The van der Waals surface area contributed by atoms with E-state index in [9.17, 15) is 28.0 Å². The van der Waals surface area contributed by atoms with Crippen LogP contribution in [0.5, 0.6) is 0 Å². The molecule has 0 bridgehead atoms. The second kappa shape index (κ2) is 8.58. The quantitative estimate of drug-likeness (QED) is 0.360. The van der Waals surface area contributed by atoms with Crippen LogP contribution in [-0.2, 0) is 22.2 Å². The zero-order chi connectivity index (χ0) is 19.2. The molecule has 0 aliphatic heterocycles. The minimum Gasteiger partial charge on any atom is -0.286 e. The molecule has 0 unspecified atom stereocenters. The zero-order valence-corrected chi connectivity index (χ0v) is 13.9. The minimum atomic E-state index is -4.65. The van der Waals surface area contributed by atoms with Gasteiger partial charge in [-0.1, -0.05) is 6.07 Å². The number of nitrogens with one attached hydrogen (secondary N) is 2. The highest BCUT2D eigenvalue weighted by atomic mass is 32.1. The molecule has 12 heteroatoms. The average Bonchev–Trinajstić information content (AvgIpc) is 3.11. The molecule has 1 atom stereocenters. The second-order valence-electron chi connectivity index (χ2n) is 5.09. The largest absolute Gasteiger partial charge is 0.433 e. The molecular weight excluding hydrogens is 375 g/mol. The standard InChI is InChI=1S/C14H14F3N5O3S/c15-14(16,17)11-3-4-18-13(19-11)21-20-12(24)9(7-22(25)8-23)6-10-2-1-5-26-10/h1-5,8-9,25H,6-7H2,(H,20,24)(H,18,19,21)/t9-/m1/s1. The summed E-state index contributed by atoms with van der Waals surface area (Å²) in [6.45, 7) is -0.293. The van der Waals surface area contributed by atoms with Gasteiger partial charge < -0.3 is 0 Å². The Morgan fingerprint density at radius 2 is 2.19 bits per heavy atom. The Bertz CT molecular complexity index is 742. The highest BCUT2D eigenvalue weighted by Crippen LogP contribution is 2.27. The third-order valence-corrected chi connectivity index (χ3v) is 4.07. The number of hydrazine groups is 1. The van der Waals surface area contributed by atoms with Gasteiger partial charge in [-0.3, -0.25) is 25.6 Å². The van der Waals surface area contributed by atoms with Crippen molar-refractivity contribution in [2.45, 2.75) is 12.6 Å². The maximum absolute atomic E-state index is 12.6. The van der Waals surface area contributed by atoms with Gasteiger partial charge in [-0.15, -0.1) is 11.3 Å². The predicted molar refractivity (Wildman–Crippen MR) is 84.9 cm³/mol. The van der Waals surface area contributed by atoms with Crippen molar-refractivity contribution in [3.8, 4) is 0 Å². The van der Waals surface area contributed by atoms with Crippen molar-refractivity contribution < 1.29 is 28.0 Å². The number of alkyl halides is 3. The van der Waals surface area contributed by atoms with E-state index in [2.05, 4.69) is 20.8 Å². The minimum absolute atomic E-state index is 0.151.